The van der Waals surface area contributed by atoms with Gasteiger partial charge in [-0.3, -0.25) is 4.79 Å². The Bertz CT molecular complexity index is 717. The van der Waals surface area contributed by atoms with Gasteiger partial charge < -0.3 is 14.6 Å². The summed E-state index contributed by atoms with van der Waals surface area (Å²) in [7, 11) is 1.85. The molecule has 22 heavy (non-hydrogen) atoms. The normalized spacial score (nSPS) is 17.9. The fourth-order valence-corrected chi connectivity index (χ4v) is 3.55. The van der Waals surface area contributed by atoms with Gasteiger partial charge in [0, 0.05) is 25.2 Å². The molecule has 0 aliphatic carbocycles. The summed E-state index contributed by atoms with van der Waals surface area (Å²) in [5.41, 5.74) is 0.454. The van der Waals surface area contributed by atoms with Crippen LogP contribution in [0.3, 0.4) is 0 Å². The Hall–Kier alpha value is -2.22. The molecule has 2 aromatic heterocycles. The lowest BCUT2D eigenvalue weighted by atomic mass is 10.2. The summed E-state index contributed by atoms with van der Waals surface area (Å²) in [6.45, 7) is 2.49. The predicted octanol–water partition coefficient (Wildman–Crippen LogP) is 1.86. The molecule has 1 unspecified atom stereocenters. The van der Waals surface area contributed by atoms with Crippen LogP contribution in [0.25, 0.3) is 0 Å². The van der Waals surface area contributed by atoms with Gasteiger partial charge in [-0.05, 0) is 19.8 Å². The Morgan fingerprint density at radius 1 is 1.36 bits per heavy atom. The third-order valence-corrected chi connectivity index (χ3v) is 4.81. The van der Waals surface area contributed by atoms with Crippen LogP contribution in [0.2, 0.25) is 0 Å². The molecule has 116 valence electrons. The molecule has 1 saturated heterocycles. The minimum atomic E-state index is -1.04. The average Bonchev–Trinajstić information content (AvgIpc) is 3.17. The topological polar surface area (TPSA) is 88.3 Å². The number of carbonyl (C=O) groups is 2. The molecular weight excluding hydrogens is 304 g/mol. The highest BCUT2D eigenvalue weighted by molar-refractivity contribution is 7.09. The maximum Gasteiger partial charge on any atom is 0.355 e. The molecule has 7 nitrogen and oxygen atoms in total. The summed E-state index contributed by atoms with van der Waals surface area (Å²) < 4.78 is 1.81. The van der Waals surface area contributed by atoms with Gasteiger partial charge in [-0.15, -0.1) is 11.3 Å². The van der Waals surface area contributed by atoms with E-state index in [1.54, 1.807) is 11.1 Å². The van der Waals surface area contributed by atoms with E-state index in [2.05, 4.69) is 9.97 Å². The summed E-state index contributed by atoms with van der Waals surface area (Å²) in [4.78, 5) is 33.8. The first kappa shape index (κ1) is 14.7. The maximum absolute atomic E-state index is 12.6. The third-order valence-electron chi connectivity index (χ3n) is 3.87. The van der Waals surface area contributed by atoms with Crippen molar-refractivity contribution in [1.29, 1.82) is 0 Å². The molecule has 0 radical (unpaired) electrons. The smallest absolute Gasteiger partial charge is 0.355 e. The van der Waals surface area contributed by atoms with Gasteiger partial charge >= 0.3 is 5.97 Å². The number of carboxylic acid groups (broad SMARTS) is 1. The second kappa shape index (κ2) is 5.53. The number of amides is 1. The van der Waals surface area contributed by atoms with Crippen molar-refractivity contribution < 1.29 is 14.7 Å². The molecule has 1 N–H and O–H groups in total. The lowest BCUT2D eigenvalue weighted by Crippen LogP contribution is -2.30. The molecule has 0 saturated carbocycles. The Kier molecular flexibility index (Phi) is 3.69. The standard InChI is InChI=1S/C14H16N4O3S/c1-8-15-9(6-17(8)2)13(19)18-5-3-4-11(18)12-16-10(7-22-12)14(20)21/h6-7,11H,3-5H2,1-2H3,(H,20,21). The van der Waals surface area contributed by atoms with E-state index in [0.717, 1.165) is 18.7 Å². The molecule has 8 heteroatoms. The van der Waals surface area contributed by atoms with Crippen LogP contribution < -0.4 is 0 Å². The van der Waals surface area contributed by atoms with E-state index in [1.807, 2.05) is 18.5 Å². The number of aromatic nitrogens is 3. The number of thiazole rings is 1. The Balaban J connectivity index is 1.86. The average molecular weight is 320 g/mol. The van der Waals surface area contributed by atoms with Gasteiger partial charge in [0.05, 0.1) is 6.04 Å². The molecule has 1 aliphatic rings. The zero-order valence-corrected chi connectivity index (χ0v) is 13.1. The van der Waals surface area contributed by atoms with E-state index in [-0.39, 0.29) is 17.6 Å². The lowest BCUT2D eigenvalue weighted by Gasteiger charge is -2.22. The van der Waals surface area contributed by atoms with Crippen LogP contribution >= 0.6 is 11.3 Å². The van der Waals surface area contributed by atoms with Gasteiger partial charge in [0.15, 0.2) is 5.69 Å². The van der Waals surface area contributed by atoms with E-state index in [0.29, 0.717) is 17.2 Å². The van der Waals surface area contributed by atoms with Crippen LogP contribution in [0.5, 0.6) is 0 Å². The molecule has 0 aromatic carbocycles. The number of imidazole rings is 1. The molecule has 0 spiro atoms. The molecule has 3 heterocycles. The van der Waals surface area contributed by atoms with E-state index < -0.39 is 5.97 Å². The second-order valence-corrected chi connectivity index (χ2v) is 6.21. The Morgan fingerprint density at radius 2 is 2.14 bits per heavy atom. The minimum Gasteiger partial charge on any atom is -0.476 e. The number of rotatable bonds is 3. The highest BCUT2D eigenvalue weighted by atomic mass is 32.1. The van der Waals surface area contributed by atoms with Crippen molar-refractivity contribution in [2.45, 2.75) is 25.8 Å². The second-order valence-electron chi connectivity index (χ2n) is 5.32. The molecule has 1 fully saturated rings. The first-order chi connectivity index (χ1) is 10.5. The summed E-state index contributed by atoms with van der Waals surface area (Å²) >= 11 is 1.29. The summed E-state index contributed by atoms with van der Waals surface area (Å²) in [5, 5.41) is 11.2. The van der Waals surface area contributed by atoms with Gasteiger partial charge in [0.25, 0.3) is 5.91 Å². The fraction of sp³-hybridized carbons (Fsp3) is 0.429. The number of hydrogen-bond donors (Lipinski definition) is 1. The van der Waals surface area contributed by atoms with Crippen molar-refractivity contribution >= 4 is 23.2 Å². The minimum absolute atomic E-state index is 0.0352. The van der Waals surface area contributed by atoms with Crippen LogP contribution in [0.15, 0.2) is 11.6 Å². The quantitative estimate of drug-likeness (QED) is 0.932. The van der Waals surface area contributed by atoms with Crippen LogP contribution in [-0.2, 0) is 7.05 Å². The molecule has 1 amide bonds. The van der Waals surface area contributed by atoms with Crippen molar-refractivity contribution in [1.82, 2.24) is 19.4 Å². The van der Waals surface area contributed by atoms with Crippen LogP contribution in [0, 0.1) is 6.92 Å². The molecular formula is C14H16N4O3S. The highest BCUT2D eigenvalue weighted by Gasteiger charge is 2.34. The molecule has 2 aromatic rings. The molecule has 0 bridgehead atoms. The molecule has 1 atom stereocenters. The Labute approximate surface area is 131 Å². The van der Waals surface area contributed by atoms with Gasteiger partial charge in [-0.2, -0.15) is 0 Å². The van der Waals surface area contributed by atoms with Gasteiger partial charge in [-0.25, -0.2) is 14.8 Å². The number of carboxylic acids is 1. The zero-order valence-electron chi connectivity index (χ0n) is 12.3. The van der Waals surface area contributed by atoms with Crippen molar-refractivity contribution in [2.75, 3.05) is 6.54 Å². The first-order valence-electron chi connectivity index (χ1n) is 6.97. The van der Waals surface area contributed by atoms with Crippen molar-refractivity contribution in [3.8, 4) is 0 Å². The number of likely N-dealkylation sites (tertiary alicyclic amines) is 1. The van der Waals surface area contributed by atoms with Gasteiger partial charge in [0.1, 0.15) is 16.5 Å². The fourth-order valence-electron chi connectivity index (χ4n) is 2.61. The number of aromatic carboxylic acids is 1. The van der Waals surface area contributed by atoms with E-state index >= 15 is 0 Å². The van der Waals surface area contributed by atoms with E-state index in [1.165, 1.54) is 16.7 Å². The van der Waals surface area contributed by atoms with Crippen LogP contribution in [-0.4, -0.2) is 43.0 Å². The molecule has 3 rings (SSSR count). The number of carbonyl (C=O) groups excluding carboxylic acids is 1. The van der Waals surface area contributed by atoms with Crippen LogP contribution in [0.4, 0.5) is 0 Å². The zero-order chi connectivity index (χ0) is 15.9. The largest absolute Gasteiger partial charge is 0.476 e. The van der Waals surface area contributed by atoms with Crippen molar-refractivity contribution in [3.05, 3.63) is 33.8 Å². The van der Waals surface area contributed by atoms with E-state index in [9.17, 15) is 9.59 Å². The summed E-state index contributed by atoms with van der Waals surface area (Å²) in [5.74, 6) is -0.390. The van der Waals surface area contributed by atoms with Gasteiger partial charge in [-0.1, -0.05) is 0 Å². The summed E-state index contributed by atoms with van der Waals surface area (Å²) in [6, 6.07) is -0.159. The third kappa shape index (κ3) is 2.50. The van der Waals surface area contributed by atoms with Crippen molar-refractivity contribution in [2.24, 2.45) is 7.05 Å². The SMILES string of the molecule is Cc1nc(C(=O)N2CCCC2c2nc(C(=O)O)cs2)cn1C. The first-order valence-corrected chi connectivity index (χ1v) is 7.85. The monoisotopic (exact) mass is 320 g/mol. The van der Waals surface area contributed by atoms with Crippen molar-refractivity contribution in [3.63, 3.8) is 0 Å². The van der Waals surface area contributed by atoms with Crippen LogP contribution in [0.1, 0.15) is 50.7 Å². The highest BCUT2D eigenvalue weighted by Crippen LogP contribution is 2.34. The molecule has 1 aliphatic heterocycles. The van der Waals surface area contributed by atoms with Gasteiger partial charge in [0.2, 0.25) is 0 Å². The lowest BCUT2D eigenvalue weighted by molar-refractivity contribution is 0.0691. The predicted molar refractivity (Wildman–Crippen MR) is 80.0 cm³/mol. The van der Waals surface area contributed by atoms with E-state index in [4.69, 9.17) is 5.11 Å². The number of aryl methyl sites for hydroxylation is 2. The maximum atomic E-state index is 12.6. The Morgan fingerprint density at radius 3 is 2.73 bits per heavy atom. The summed E-state index contributed by atoms with van der Waals surface area (Å²) in [6.07, 6.45) is 3.39. The number of nitrogens with zero attached hydrogens (tertiary/aromatic N) is 4. The number of hydrogen-bond acceptors (Lipinski definition) is 5.